The Morgan fingerprint density at radius 3 is 2.43 bits per heavy atom. The lowest BCUT2D eigenvalue weighted by Gasteiger charge is -2.19. The second kappa shape index (κ2) is 6.24. The van der Waals surface area contributed by atoms with Gasteiger partial charge in [-0.15, -0.1) is 0 Å². The van der Waals surface area contributed by atoms with Crippen LogP contribution < -0.4 is 10.2 Å². The zero-order valence-corrected chi connectivity index (χ0v) is 14.0. The Kier molecular flexibility index (Phi) is 4.14. The maximum absolute atomic E-state index is 4.72. The number of nitrogens with zero attached hydrogens (tertiary/aromatic N) is 5. The molecule has 3 rings (SSSR count). The number of rotatable bonds is 5. The van der Waals surface area contributed by atoms with Crippen molar-refractivity contribution in [2.45, 2.75) is 20.8 Å². The molecule has 0 radical (unpaired) electrons. The molecule has 1 aromatic carbocycles. The van der Waals surface area contributed by atoms with Crippen LogP contribution in [0.3, 0.4) is 0 Å². The van der Waals surface area contributed by atoms with Gasteiger partial charge in [-0.2, -0.15) is 15.1 Å². The highest BCUT2D eigenvalue weighted by atomic mass is 15.3. The van der Waals surface area contributed by atoms with Gasteiger partial charge in [-0.3, -0.25) is 4.68 Å². The van der Waals surface area contributed by atoms with Crippen molar-refractivity contribution in [2.24, 2.45) is 7.05 Å². The summed E-state index contributed by atoms with van der Waals surface area (Å²) in [5.41, 5.74) is 3.06. The van der Waals surface area contributed by atoms with Gasteiger partial charge in [0.2, 0.25) is 5.95 Å². The monoisotopic (exact) mass is 310 g/mol. The number of benzene rings is 1. The Hall–Kier alpha value is -2.63. The zero-order valence-electron chi connectivity index (χ0n) is 14.0. The molecule has 2 aromatic heterocycles. The first-order chi connectivity index (χ1) is 11.1. The number of aromatic nitrogens is 4. The summed E-state index contributed by atoms with van der Waals surface area (Å²) < 4.78 is 1.78. The Morgan fingerprint density at radius 1 is 1.09 bits per heavy atom. The third-order valence-corrected chi connectivity index (χ3v) is 3.94. The predicted octanol–water partition coefficient (Wildman–Crippen LogP) is 3.26. The zero-order chi connectivity index (χ0) is 16.4. The van der Waals surface area contributed by atoms with Gasteiger partial charge in [-0.05, 0) is 32.9 Å². The molecule has 0 aliphatic rings. The van der Waals surface area contributed by atoms with E-state index in [1.165, 1.54) is 5.56 Å². The van der Waals surface area contributed by atoms with Crippen molar-refractivity contribution in [1.29, 1.82) is 0 Å². The van der Waals surface area contributed by atoms with Crippen LogP contribution in [0.5, 0.6) is 0 Å². The second-order valence-electron chi connectivity index (χ2n) is 5.54. The van der Waals surface area contributed by atoms with Crippen LogP contribution in [0.4, 0.5) is 17.5 Å². The number of aryl methyl sites for hydroxylation is 2. The summed E-state index contributed by atoms with van der Waals surface area (Å²) in [6, 6.07) is 8.26. The highest BCUT2D eigenvalue weighted by molar-refractivity contribution is 5.89. The normalized spacial score (nSPS) is 11.0. The molecule has 23 heavy (non-hydrogen) atoms. The molecule has 0 spiro atoms. The average Bonchev–Trinajstić information content (AvgIpc) is 2.93. The van der Waals surface area contributed by atoms with Gasteiger partial charge in [0.25, 0.3) is 0 Å². The molecule has 6 nitrogen and oxygen atoms in total. The molecule has 0 bridgehead atoms. The molecular weight excluding hydrogens is 288 g/mol. The van der Waals surface area contributed by atoms with Gasteiger partial charge in [0.1, 0.15) is 5.82 Å². The number of hydrogen-bond acceptors (Lipinski definition) is 5. The van der Waals surface area contributed by atoms with Crippen LogP contribution in [0.1, 0.15) is 19.4 Å². The lowest BCUT2D eigenvalue weighted by molar-refractivity contribution is 0.776. The maximum Gasteiger partial charge on any atom is 0.229 e. The average molecular weight is 310 g/mol. The van der Waals surface area contributed by atoms with Crippen LogP contribution in [0.15, 0.2) is 30.5 Å². The molecule has 6 heteroatoms. The largest absolute Gasteiger partial charge is 0.341 e. The highest BCUT2D eigenvalue weighted by Gasteiger charge is 2.14. The second-order valence-corrected chi connectivity index (χ2v) is 5.54. The summed E-state index contributed by atoms with van der Waals surface area (Å²) in [5.74, 6) is 1.51. The molecule has 0 unspecified atom stereocenters. The van der Waals surface area contributed by atoms with E-state index < -0.39 is 0 Å². The van der Waals surface area contributed by atoms with Crippen molar-refractivity contribution in [3.05, 3.63) is 36.0 Å². The number of hydrogen-bond donors (Lipinski definition) is 1. The first kappa shape index (κ1) is 15.3. The maximum atomic E-state index is 4.72. The molecule has 0 saturated carbocycles. The molecule has 3 aromatic rings. The summed E-state index contributed by atoms with van der Waals surface area (Å²) in [6.07, 6.45) is 1.80. The standard InChI is InChI=1S/C17H22N6/c1-5-23(6-2)17-20-15(14-11-18-22(4)16(14)21-17)19-13-9-7-12(3)8-10-13/h7-11H,5-6H2,1-4H3,(H,19,20,21). The van der Waals surface area contributed by atoms with Crippen molar-refractivity contribution >= 4 is 28.5 Å². The lowest BCUT2D eigenvalue weighted by Crippen LogP contribution is -2.24. The van der Waals surface area contributed by atoms with Crippen molar-refractivity contribution < 1.29 is 0 Å². The van der Waals surface area contributed by atoms with E-state index in [0.717, 1.165) is 41.6 Å². The first-order valence-corrected chi connectivity index (χ1v) is 7.90. The van der Waals surface area contributed by atoms with Gasteiger partial charge in [0.15, 0.2) is 5.65 Å². The van der Waals surface area contributed by atoms with E-state index in [4.69, 9.17) is 4.98 Å². The minimum absolute atomic E-state index is 0.723. The Morgan fingerprint density at radius 2 is 1.78 bits per heavy atom. The first-order valence-electron chi connectivity index (χ1n) is 7.90. The van der Waals surface area contributed by atoms with E-state index in [1.54, 1.807) is 10.9 Å². The van der Waals surface area contributed by atoms with Gasteiger partial charge in [-0.1, -0.05) is 17.7 Å². The summed E-state index contributed by atoms with van der Waals surface area (Å²) in [7, 11) is 1.90. The SMILES string of the molecule is CCN(CC)c1nc(Nc2ccc(C)cc2)c2cnn(C)c2n1. The molecule has 120 valence electrons. The quantitative estimate of drug-likeness (QED) is 0.784. The van der Waals surface area contributed by atoms with Crippen LogP contribution in [0, 0.1) is 6.92 Å². The summed E-state index contributed by atoms with van der Waals surface area (Å²) >= 11 is 0. The minimum atomic E-state index is 0.723. The predicted molar refractivity (Wildman–Crippen MR) is 94.3 cm³/mol. The van der Waals surface area contributed by atoms with Crippen molar-refractivity contribution in [3.8, 4) is 0 Å². The van der Waals surface area contributed by atoms with Crippen molar-refractivity contribution in [1.82, 2.24) is 19.7 Å². The van der Waals surface area contributed by atoms with E-state index in [1.807, 2.05) is 7.05 Å². The molecule has 0 fully saturated rings. The molecule has 0 saturated heterocycles. The number of nitrogens with one attached hydrogen (secondary N) is 1. The fourth-order valence-electron chi connectivity index (χ4n) is 2.53. The molecule has 0 amide bonds. The fraction of sp³-hybridized carbons (Fsp3) is 0.353. The van der Waals surface area contributed by atoms with Gasteiger partial charge in [-0.25, -0.2) is 0 Å². The van der Waals surface area contributed by atoms with Crippen LogP contribution in [0.2, 0.25) is 0 Å². The summed E-state index contributed by atoms with van der Waals surface area (Å²) in [6.45, 7) is 8.01. The molecular formula is C17H22N6. The fourth-order valence-corrected chi connectivity index (χ4v) is 2.53. The van der Waals surface area contributed by atoms with Gasteiger partial charge < -0.3 is 10.2 Å². The van der Waals surface area contributed by atoms with E-state index in [0.29, 0.717) is 0 Å². The molecule has 2 heterocycles. The van der Waals surface area contributed by atoms with Crippen molar-refractivity contribution in [3.63, 3.8) is 0 Å². The van der Waals surface area contributed by atoms with E-state index in [2.05, 4.69) is 65.3 Å². The lowest BCUT2D eigenvalue weighted by atomic mass is 10.2. The molecule has 1 N–H and O–H groups in total. The Balaban J connectivity index is 2.08. The Labute approximate surface area is 136 Å². The third-order valence-electron chi connectivity index (χ3n) is 3.94. The highest BCUT2D eigenvalue weighted by Crippen LogP contribution is 2.26. The summed E-state index contributed by atoms with van der Waals surface area (Å²) in [5, 5.41) is 8.64. The molecule has 0 atom stereocenters. The number of anilines is 3. The number of fused-ring (bicyclic) bond motifs is 1. The van der Waals surface area contributed by atoms with Crippen molar-refractivity contribution in [2.75, 3.05) is 23.3 Å². The van der Waals surface area contributed by atoms with Crippen LogP contribution >= 0.6 is 0 Å². The van der Waals surface area contributed by atoms with E-state index in [9.17, 15) is 0 Å². The van der Waals surface area contributed by atoms with Crippen LogP contribution in [0.25, 0.3) is 11.0 Å². The van der Waals surface area contributed by atoms with E-state index in [-0.39, 0.29) is 0 Å². The third kappa shape index (κ3) is 2.97. The topological polar surface area (TPSA) is 58.9 Å². The Bertz CT molecular complexity index is 802. The summed E-state index contributed by atoms with van der Waals surface area (Å²) in [4.78, 5) is 11.5. The van der Waals surface area contributed by atoms with Crippen LogP contribution in [-0.4, -0.2) is 32.8 Å². The van der Waals surface area contributed by atoms with E-state index >= 15 is 0 Å². The minimum Gasteiger partial charge on any atom is -0.341 e. The van der Waals surface area contributed by atoms with Gasteiger partial charge in [0.05, 0.1) is 11.6 Å². The molecule has 0 aliphatic heterocycles. The van der Waals surface area contributed by atoms with Gasteiger partial charge in [0, 0.05) is 25.8 Å². The van der Waals surface area contributed by atoms with Crippen LogP contribution in [-0.2, 0) is 7.05 Å². The smallest absolute Gasteiger partial charge is 0.229 e. The molecule has 0 aliphatic carbocycles. The van der Waals surface area contributed by atoms with Gasteiger partial charge >= 0.3 is 0 Å².